The van der Waals surface area contributed by atoms with Crippen LogP contribution in [0.2, 0.25) is 0 Å². The summed E-state index contributed by atoms with van der Waals surface area (Å²) in [5, 5.41) is 12.9. The summed E-state index contributed by atoms with van der Waals surface area (Å²) in [6, 6.07) is 18.1. The smallest absolute Gasteiger partial charge is 0.269 e. The van der Waals surface area contributed by atoms with Crippen LogP contribution in [0.4, 0.5) is 11.4 Å². The van der Waals surface area contributed by atoms with Crippen molar-refractivity contribution in [2.24, 2.45) is 4.99 Å². The summed E-state index contributed by atoms with van der Waals surface area (Å²) in [5.74, 6) is 0.766. The second-order valence-corrected chi connectivity index (χ2v) is 5.16. The summed E-state index contributed by atoms with van der Waals surface area (Å²) in [7, 11) is 0. The van der Waals surface area contributed by atoms with Gasteiger partial charge in [-0.25, -0.2) is 0 Å². The lowest BCUT2D eigenvalue weighted by atomic mass is 10.0. The maximum absolute atomic E-state index is 10.7. The van der Waals surface area contributed by atoms with Crippen LogP contribution in [0.15, 0.2) is 65.7 Å². The van der Waals surface area contributed by atoms with Gasteiger partial charge in [0.25, 0.3) is 5.69 Å². The van der Waals surface area contributed by atoms with E-state index in [1.54, 1.807) is 18.3 Å². The summed E-state index contributed by atoms with van der Waals surface area (Å²) in [6.45, 7) is 2.50. The lowest BCUT2D eigenvalue weighted by molar-refractivity contribution is -0.384. The molecule has 0 bridgehead atoms. The minimum Gasteiger partial charge on any atom is -0.493 e. The van der Waals surface area contributed by atoms with Gasteiger partial charge in [-0.2, -0.15) is 0 Å². The molecule has 120 valence electrons. The molecule has 5 nitrogen and oxygen atoms in total. The van der Waals surface area contributed by atoms with E-state index in [0.717, 1.165) is 22.1 Å². The molecule has 3 rings (SSSR count). The molecule has 0 amide bonds. The number of non-ortho nitro benzene ring substituents is 1. The van der Waals surface area contributed by atoms with E-state index in [1.807, 2.05) is 43.3 Å². The Labute approximate surface area is 139 Å². The van der Waals surface area contributed by atoms with Gasteiger partial charge in [0.2, 0.25) is 0 Å². The summed E-state index contributed by atoms with van der Waals surface area (Å²) in [6.07, 6.45) is 1.74. The van der Waals surface area contributed by atoms with Crippen LogP contribution in [-0.4, -0.2) is 17.7 Å². The highest BCUT2D eigenvalue weighted by Gasteiger charge is 2.07. The van der Waals surface area contributed by atoms with Crippen LogP contribution in [0, 0.1) is 10.1 Å². The minimum atomic E-state index is -0.425. The van der Waals surface area contributed by atoms with Crippen molar-refractivity contribution in [1.29, 1.82) is 0 Å². The number of hydrogen-bond donors (Lipinski definition) is 0. The third-order valence-corrected chi connectivity index (χ3v) is 3.63. The Bertz CT molecular complexity index is 902. The number of aliphatic imine (C=N–C) groups is 1. The molecule has 0 atom stereocenters. The average molecular weight is 320 g/mol. The zero-order valence-corrected chi connectivity index (χ0v) is 13.2. The molecule has 0 heterocycles. The van der Waals surface area contributed by atoms with Gasteiger partial charge >= 0.3 is 0 Å². The van der Waals surface area contributed by atoms with Crippen molar-refractivity contribution in [2.45, 2.75) is 6.92 Å². The molecule has 0 spiro atoms. The van der Waals surface area contributed by atoms with E-state index in [2.05, 4.69) is 4.99 Å². The molecular weight excluding hydrogens is 304 g/mol. The second kappa shape index (κ2) is 6.91. The Morgan fingerprint density at radius 2 is 1.83 bits per heavy atom. The fourth-order valence-electron chi connectivity index (χ4n) is 2.49. The fraction of sp³-hybridized carbons (Fsp3) is 0.105. The number of hydrogen-bond acceptors (Lipinski definition) is 4. The molecule has 0 radical (unpaired) electrons. The summed E-state index contributed by atoms with van der Waals surface area (Å²) in [4.78, 5) is 14.7. The predicted molar refractivity (Wildman–Crippen MR) is 95.5 cm³/mol. The first-order chi connectivity index (χ1) is 11.7. The first-order valence-corrected chi connectivity index (χ1v) is 7.62. The molecule has 0 aliphatic rings. The number of fused-ring (bicyclic) bond motifs is 1. The maximum atomic E-state index is 10.7. The molecule has 0 aliphatic heterocycles. The molecule has 0 fully saturated rings. The Kier molecular flexibility index (Phi) is 4.52. The van der Waals surface area contributed by atoms with Gasteiger partial charge in [0, 0.05) is 23.9 Å². The number of benzene rings is 3. The van der Waals surface area contributed by atoms with Crippen LogP contribution < -0.4 is 4.74 Å². The van der Waals surface area contributed by atoms with Crippen molar-refractivity contribution in [1.82, 2.24) is 0 Å². The van der Waals surface area contributed by atoms with E-state index in [0.29, 0.717) is 12.3 Å². The van der Waals surface area contributed by atoms with Crippen molar-refractivity contribution in [3.8, 4) is 5.75 Å². The van der Waals surface area contributed by atoms with Crippen LogP contribution in [0.25, 0.3) is 10.8 Å². The maximum Gasteiger partial charge on any atom is 0.269 e. The first kappa shape index (κ1) is 15.7. The standard InChI is InChI=1S/C19H16N2O3/c1-2-24-19-12-7-14-5-3-4-6-17(14)18(19)13-20-15-8-10-16(11-9-15)21(22)23/h3-13H,2H2,1H3/b20-13+. The number of nitro groups is 1. The van der Waals surface area contributed by atoms with Gasteiger partial charge in [-0.1, -0.05) is 30.3 Å². The van der Waals surface area contributed by atoms with Crippen LogP contribution in [-0.2, 0) is 0 Å². The van der Waals surface area contributed by atoms with Gasteiger partial charge in [-0.05, 0) is 35.9 Å². The molecule has 3 aromatic carbocycles. The van der Waals surface area contributed by atoms with Crippen LogP contribution >= 0.6 is 0 Å². The average Bonchev–Trinajstić information content (AvgIpc) is 2.61. The number of ether oxygens (including phenoxy) is 1. The van der Waals surface area contributed by atoms with E-state index in [9.17, 15) is 10.1 Å². The summed E-state index contributed by atoms with van der Waals surface area (Å²) >= 11 is 0. The van der Waals surface area contributed by atoms with Crippen LogP contribution in [0.3, 0.4) is 0 Å². The fourth-order valence-corrected chi connectivity index (χ4v) is 2.49. The minimum absolute atomic E-state index is 0.0501. The molecular formula is C19H16N2O3. The predicted octanol–water partition coefficient (Wildman–Crippen LogP) is 4.90. The monoisotopic (exact) mass is 320 g/mol. The summed E-state index contributed by atoms with van der Waals surface area (Å²) in [5.41, 5.74) is 1.60. The van der Waals surface area contributed by atoms with Crippen molar-refractivity contribution in [3.05, 3.63) is 76.3 Å². The molecule has 0 aliphatic carbocycles. The SMILES string of the molecule is CCOc1ccc2ccccc2c1/C=N/c1ccc([N+](=O)[O-])cc1. The Hall–Kier alpha value is -3.21. The van der Waals surface area contributed by atoms with Crippen LogP contribution in [0.1, 0.15) is 12.5 Å². The van der Waals surface area contributed by atoms with Gasteiger partial charge in [0.15, 0.2) is 0 Å². The Balaban J connectivity index is 2.01. The zero-order valence-electron chi connectivity index (χ0n) is 13.2. The van der Waals surface area contributed by atoms with Gasteiger partial charge < -0.3 is 4.74 Å². The van der Waals surface area contributed by atoms with E-state index in [-0.39, 0.29) is 5.69 Å². The quantitative estimate of drug-likeness (QED) is 0.381. The number of rotatable bonds is 5. The molecule has 24 heavy (non-hydrogen) atoms. The van der Waals surface area contributed by atoms with E-state index >= 15 is 0 Å². The van der Waals surface area contributed by atoms with Crippen molar-refractivity contribution in [2.75, 3.05) is 6.61 Å². The third-order valence-electron chi connectivity index (χ3n) is 3.63. The molecule has 0 aromatic heterocycles. The largest absolute Gasteiger partial charge is 0.493 e. The van der Waals surface area contributed by atoms with Gasteiger partial charge in [-0.3, -0.25) is 15.1 Å². The van der Waals surface area contributed by atoms with Crippen molar-refractivity contribution < 1.29 is 9.66 Å². The Morgan fingerprint density at radius 3 is 2.54 bits per heavy atom. The van der Waals surface area contributed by atoms with E-state index < -0.39 is 4.92 Å². The first-order valence-electron chi connectivity index (χ1n) is 7.62. The zero-order chi connectivity index (χ0) is 16.9. The van der Waals surface area contributed by atoms with Crippen LogP contribution in [0.5, 0.6) is 5.75 Å². The molecule has 5 heteroatoms. The van der Waals surface area contributed by atoms with Gasteiger partial charge in [0.1, 0.15) is 5.75 Å². The normalized spacial score (nSPS) is 11.0. The lowest BCUT2D eigenvalue weighted by Gasteiger charge is -2.10. The Morgan fingerprint density at radius 1 is 1.08 bits per heavy atom. The van der Waals surface area contributed by atoms with Gasteiger partial charge in [-0.15, -0.1) is 0 Å². The number of nitrogens with zero attached hydrogens (tertiary/aromatic N) is 2. The number of nitro benzene ring substituents is 1. The third kappa shape index (κ3) is 3.25. The molecule has 3 aromatic rings. The van der Waals surface area contributed by atoms with E-state index in [1.165, 1.54) is 12.1 Å². The highest BCUT2D eigenvalue weighted by Crippen LogP contribution is 2.27. The van der Waals surface area contributed by atoms with Crippen molar-refractivity contribution >= 4 is 28.4 Å². The molecule has 0 saturated heterocycles. The highest BCUT2D eigenvalue weighted by atomic mass is 16.6. The molecule has 0 N–H and O–H groups in total. The second-order valence-electron chi connectivity index (χ2n) is 5.16. The lowest BCUT2D eigenvalue weighted by Crippen LogP contribution is -1.97. The van der Waals surface area contributed by atoms with Crippen molar-refractivity contribution in [3.63, 3.8) is 0 Å². The summed E-state index contributed by atoms with van der Waals surface area (Å²) < 4.78 is 5.70. The highest BCUT2D eigenvalue weighted by molar-refractivity contribution is 6.03. The topological polar surface area (TPSA) is 64.7 Å². The van der Waals surface area contributed by atoms with Gasteiger partial charge in [0.05, 0.1) is 17.2 Å². The molecule has 0 unspecified atom stereocenters. The molecule has 0 saturated carbocycles. The van der Waals surface area contributed by atoms with E-state index in [4.69, 9.17) is 4.74 Å².